The number of carbonyl (C=O) groups excluding carboxylic acids is 1. The van der Waals surface area contributed by atoms with Gasteiger partial charge in [0.1, 0.15) is 23.7 Å². The van der Waals surface area contributed by atoms with Crippen LogP contribution in [-0.2, 0) is 24.4 Å². The number of hydrogen-bond acceptors (Lipinski definition) is 8. The maximum Gasteiger partial charge on any atom is 0.412 e. The summed E-state index contributed by atoms with van der Waals surface area (Å²) in [5.74, 6) is 0.237. The molecule has 0 spiro atoms. The lowest BCUT2D eigenvalue weighted by atomic mass is 9.95. The van der Waals surface area contributed by atoms with Crippen LogP contribution in [0.3, 0.4) is 0 Å². The molecule has 1 amide bonds. The highest BCUT2D eigenvalue weighted by molar-refractivity contribution is 5.86. The quantitative estimate of drug-likeness (QED) is 0.385. The number of ether oxygens (including phenoxy) is 2. The maximum absolute atomic E-state index is 12.4. The van der Waals surface area contributed by atoms with Crippen LogP contribution in [0.4, 0.5) is 10.5 Å². The van der Waals surface area contributed by atoms with Crippen molar-refractivity contribution < 1.29 is 24.5 Å². The summed E-state index contributed by atoms with van der Waals surface area (Å²) >= 11 is 0. The topological polar surface area (TPSA) is 148 Å². The Kier molecular flexibility index (Phi) is 9.03. The van der Waals surface area contributed by atoms with Crippen molar-refractivity contribution in [3.8, 4) is 17.9 Å². The number of amides is 1. The lowest BCUT2D eigenvalue weighted by Crippen LogP contribution is -2.27. The van der Waals surface area contributed by atoms with Crippen LogP contribution in [0.1, 0.15) is 72.9 Å². The molecule has 0 saturated carbocycles. The molecule has 1 aromatic heterocycles. The van der Waals surface area contributed by atoms with Gasteiger partial charge in [-0.15, -0.1) is 0 Å². The van der Waals surface area contributed by atoms with E-state index < -0.39 is 24.4 Å². The summed E-state index contributed by atoms with van der Waals surface area (Å²) in [4.78, 5) is 16.8. The Bertz CT molecular complexity index is 1400. The van der Waals surface area contributed by atoms with E-state index in [1.165, 1.54) is 6.20 Å². The monoisotopic (exact) mass is 514 g/mol. The Morgan fingerprint density at radius 2 is 1.82 bits per heavy atom. The van der Waals surface area contributed by atoms with E-state index in [4.69, 9.17) is 9.47 Å². The maximum atomic E-state index is 12.4. The van der Waals surface area contributed by atoms with E-state index in [9.17, 15) is 25.5 Å². The SMILES string of the molecule is CC(O)c1c(Cc2cc(C#N)ccc2NC(=O)OC(C)(C)C)cnc(CO)c1OCc1cccc(C#N)c1. The number of nitrogens with zero attached hydrogens (tertiary/aromatic N) is 3. The number of nitrogens with one attached hydrogen (secondary N) is 1. The first-order valence-electron chi connectivity index (χ1n) is 12.0. The fourth-order valence-electron chi connectivity index (χ4n) is 3.89. The first-order chi connectivity index (χ1) is 18.0. The predicted molar refractivity (Wildman–Crippen MR) is 140 cm³/mol. The Morgan fingerprint density at radius 1 is 1.11 bits per heavy atom. The molecule has 0 saturated heterocycles. The molecule has 1 heterocycles. The highest BCUT2D eigenvalue weighted by atomic mass is 16.6. The highest BCUT2D eigenvalue weighted by Crippen LogP contribution is 2.34. The van der Waals surface area contributed by atoms with Crippen molar-refractivity contribution in [3.63, 3.8) is 0 Å². The second-order valence-corrected chi connectivity index (χ2v) is 9.70. The lowest BCUT2D eigenvalue weighted by molar-refractivity contribution is 0.0635. The summed E-state index contributed by atoms with van der Waals surface area (Å²) in [6.45, 7) is 6.52. The molecule has 3 rings (SSSR count). The molecule has 0 aliphatic rings. The molecule has 3 N–H and O–H groups in total. The van der Waals surface area contributed by atoms with Crippen LogP contribution in [-0.4, -0.2) is 26.9 Å². The molecule has 2 aromatic carbocycles. The summed E-state index contributed by atoms with van der Waals surface area (Å²) in [6.07, 6.45) is 0.101. The van der Waals surface area contributed by atoms with Crippen molar-refractivity contribution in [2.24, 2.45) is 0 Å². The molecule has 196 valence electrons. The van der Waals surface area contributed by atoms with Gasteiger partial charge < -0.3 is 19.7 Å². The normalized spacial score (nSPS) is 11.7. The molecule has 9 heteroatoms. The van der Waals surface area contributed by atoms with Crippen molar-refractivity contribution in [1.82, 2.24) is 4.98 Å². The number of carbonyl (C=O) groups is 1. The number of benzene rings is 2. The third-order valence-electron chi connectivity index (χ3n) is 5.49. The second kappa shape index (κ2) is 12.2. The van der Waals surface area contributed by atoms with E-state index in [1.807, 2.05) is 0 Å². The molecule has 3 aromatic rings. The lowest BCUT2D eigenvalue weighted by Gasteiger charge is -2.22. The van der Waals surface area contributed by atoms with Crippen LogP contribution in [0.5, 0.6) is 5.75 Å². The van der Waals surface area contributed by atoms with Crippen LogP contribution in [0, 0.1) is 22.7 Å². The van der Waals surface area contributed by atoms with Gasteiger partial charge in [0.15, 0.2) is 0 Å². The van der Waals surface area contributed by atoms with Crippen LogP contribution in [0.2, 0.25) is 0 Å². The summed E-state index contributed by atoms with van der Waals surface area (Å²) in [5, 5.41) is 42.0. The van der Waals surface area contributed by atoms with Crippen molar-refractivity contribution in [1.29, 1.82) is 10.5 Å². The zero-order valence-electron chi connectivity index (χ0n) is 21.8. The number of aliphatic hydroxyl groups is 2. The Balaban J connectivity index is 2.00. The Hall–Kier alpha value is -4.44. The molecule has 0 fully saturated rings. The number of aromatic nitrogens is 1. The number of rotatable bonds is 8. The Morgan fingerprint density at radius 3 is 2.45 bits per heavy atom. The number of aliphatic hydroxyl groups excluding tert-OH is 2. The van der Waals surface area contributed by atoms with E-state index in [-0.39, 0.29) is 24.5 Å². The smallest absolute Gasteiger partial charge is 0.412 e. The average Bonchev–Trinajstić information content (AvgIpc) is 2.87. The van der Waals surface area contributed by atoms with Gasteiger partial charge in [-0.05, 0) is 74.7 Å². The molecule has 0 bridgehead atoms. The van der Waals surface area contributed by atoms with E-state index in [0.29, 0.717) is 33.5 Å². The molecule has 0 radical (unpaired) electrons. The van der Waals surface area contributed by atoms with Gasteiger partial charge in [-0.25, -0.2) is 4.79 Å². The average molecular weight is 515 g/mol. The first kappa shape index (κ1) is 28.1. The van der Waals surface area contributed by atoms with Crippen LogP contribution < -0.4 is 10.1 Å². The minimum absolute atomic E-state index is 0.0861. The minimum Gasteiger partial charge on any atom is -0.486 e. The van der Waals surface area contributed by atoms with Crippen molar-refractivity contribution >= 4 is 11.8 Å². The van der Waals surface area contributed by atoms with Gasteiger partial charge in [0.25, 0.3) is 0 Å². The molecule has 1 unspecified atom stereocenters. The minimum atomic E-state index is -0.986. The zero-order valence-corrected chi connectivity index (χ0v) is 21.8. The van der Waals surface area contributed by atoms with Gasteiger partial charge in [0, 0.05) is 23.9 Å². The largest absolute Gasteiger partial charge is 0.486 e. The van der Waals surface area contributed by atoms with Gasteiger partial charge >= 0.3 is 6.09 Å². The van der Waals surface area contributed by atoms with E-state index in [0.717, 1.165) is 5.56 Å². The third kappa shape index (κ3) is 7.30. The molecule has 0 aliphatic carbocycles. The fourth-order valence-corrected chi connectivity index (χ4v) is 3.89. The summed E-state index contributed by atoms with van der Waals surface area (Å²) in [5.41, 5.74) is 3.21. The van der Waals surface area contributed by atoms with Crippen molar-refractivity contribution in [3.05, 3.63) is 87.7 Å². The molecular weight excluding hydrogens is 484 g/mol. The number of hydrogen-bond donors (Lipinski definition) is 3. The number of anilines is 1. The summed E-state index contributed by atoms with van der Waals surface area (Å²) < 4.78 is 11.4. The van der Waals surface area contributed by atoms with Crippen LogP contribution in [0.15, 0.2) is 48.7 Å². The second-order valence-electron chi connectivity index (χ2n) is 9.70. The Labute approximate surface area is 221 Å². The molecule has 9 nitrogen and oxygen atoms in total. The highest BCUT2D eigenvalue weighted by Gasteiger charge is 2.22. The van der Waals surface area contributed by atoms with Gasteiger partial charge in [0.2, 0.25) is 0 Å². The summed E-state index contributed by atoms with van der Waals surface area (Å²) in [7, 11) is 0. The van der Waals surface area contributed by atoms with Gasteiger partial charge in [0.05, 0.1) is 36.0 Å². The third-order valence-corrected chi connectivity index (χ3v) is 5.49. The van der Waals surface area contributed by atoms with Crippen molar-refractivity contribution in [2.75, 3.05) is 5.32 Å². The van der Waals surface area contributed by atoms with E-state index >= 15 is 0 Å². The summed E-state index contributed by atoms with van der Waals surface area (Å²) in [6, 6.07) is 16.0. The zero-order chi connectivity index (χ0) is 27.9. The number of nitriles is 2. The van der Waals surface area contributed by atoms with Crippen LogP contribution in [0.25, 0.3) is 0 Å². The molecule has 1 atom stereocenters. The van der Waals surface area contributed by atoms with Gasteiger partial charge in [-0.2, -0.15) is 10.5 Å². The fraction of sp³-hybridized carbons (Fsp3) is 0.310. The van der Waals surface area contributed by atoms with E-state index in [2.05, 4.69) is 22.4 Å². The first-order valence-corrected chi connectivity index (χ1v) is 12.0. The standard InChI is InChI=1S/C29H30N4O5/c1-18(35)26-23(12-22-11-20(14-31)8-9-24(22)33-28(36)38-29(2,3)4)15-32-25(16-34)27(26)37-17-21-7-5-6-19(10-21)13-30/h5-11,15,18,34-35H,12,16-17H2,1-4H3,(H,33,36). The molecular formula is C29H30N4O5. The van der Waals surface area contributed by atoms with E-state index in [1.54, 1.807) is 70.2 Å². The molecule has 38 heavy (non-hydrogen) atoms. The predicted octanol–water partition coefficient (Wildman–Crippen LogP) is 4.89. The van der Waals surface area contributed by atoms with Gasteiger partial charge in [-0.3, -0.25) is 10.3 Å². The van der Waals surface area contributed by atoms with Gasteiger partial charge in [-0.1, -0.05) is 12.1 Å². The van der Waals surface area contributed by atoms with Crippen LogP contribution >= 0.6 is 0 Å². The number of pyridine rings is 1. The van der Waals surface area contributed by atoms with Crippen molar-refractivity contribution in [2.45, 2.75) is 59.0 Å². The molecule has 0 aliphatic heterocycles.